The fraction of sp³-hybridized carbons (Fsp3) is 0.316. The molecule has 0 N–H and O–H groups in total. The molecule has 0 fully saturated rings. The van der Waals surface area contributed by atoms with E-state index in [2.05, 4.69) is 20.8 Å². The fourth-order valence-electron chi connectivity index (χ4n) is 2.91. The Labute approximate surface area is 147 Å². The lowest BCUT2D eigenvalue weighted by atomic mass is 9.87. The van der Waals surface area contributed by atoms with Gasteiger partial charge in [-0.3, -0.25) is 9.10 Å². The Morgan fingerprint density at radius 2 is 1.68 bits per heavy atom. The van der Waals surface area contributed by atoms with Gasteiger partial charge in [-0.05, 0) is 41.3 Å². The third-order valence-electron chi connectivity index (χ3n) is 4.38. The van der Waals surface area contributed by atoms with E-state index in [4.69, 9.17) is 0 Å². The van der Waals surface area contributed by atoms with Crippen molar-refractivity contribution in [3.8, 4) is 0 Å². The molecule has 0 radical (unpaired) electrons. The molecular weight excluding hydrogens is 341 g/mol. The summed E-state index contributed by atoms with van der Waals surface area (Å²) in [5.41, 5.74) is 1.30. The van der Waals surface area contributed by atoms with Gasteiger partial charge in [0.25, 0.3) is 10.0 Å². The normalized spacial score (nSPS) is 15.2. The van der Waals surface area contributed by atoms with E-state index in [-0.39, 0.29) is 40.3 Å². The highest BCUT2D eigenvalue weighted by molar-refractivity contribution is 7.92. The molecule has 2 aromatic carbocycles. The Hall–Kier alpha value is -2.21. The molecule has 0 saturated heterocycles. The minimum Gasteiger partial charge on any atom is -0.294 e. The largest absolute Gasteiger partial charge is 0.294 e. The van der Waals surface area contributed by atoms with E-state index in [9.17, 15) is 17.6 Å². The van der Waals surface area contributed by atoms with Crippen LogP contribution in [0.4, 0.5) is 10.1 Å². The van der Waals surface area contributed by atoms with Crippen molar-refractivity contribution in [3.05, 3.63) is 59.4 Å². The lowest BCUT2D eigenvalue weighted by Gasteiger charge is -2.30. The average Bonchev–Trinajstić information content (AvgIpc) is 2.55. The van der Waals surface area contributed by atoms with Gasteiger partial charge in [-0.1, -0.05) is 32.9 Å². The minimum absolute atomic E-state index is 0.0375. The Kier molecular flexibility index (Phi) is 4.19. The van der Waals surface area contributed by atoms with E-state index in [1.54, 1.807) is 24.3 Å². The van der Waals surface area contributed by atoms with Crippen molar-refractivity contribution in [2.75, 3.05) is 10.8 Å². The third kappa shape index (κ3) is 3.18. The molecule has 0 spiro atoms. The third-order valence-corrected chi connectivity index (χ3v) is 6.21. The molecule has 0 unspecified atom stereocenters. The molecule has 4 nitrogen and oxygen atoms in total. The van der Waals surface area contributed by atoms with Gasteiger partial charge in [-0.15, -0.1) is 0 Å². The smallest absolute Gasteiger partial charge is 0.264 e. The van der Waals surface area contributed by atoms with E-state index in [1.165, 1.54) is 16.4 Å². The number of halogens is 1. The molecule has 0 aromatic heterocycles. The number of hydrogen-bond acceptors (Lipinski definition) is 3. The highest BCUT2D eigenvalue weighted by Gasteiger charge is 2.32. The molecule has 3 rings (SSSR count). The second kappa shape index (κ2) is 5.95. The van der Waals surface area contributed by atoms with Gasteiger partial charge in [0.2, 0.25) is 0 Å². The highest BCUT2D eigenvalue weighted by Crippen LogP contribution is 2.33. The minimum atomic E-state index is -3.82. The molecule has 0 aliphatic carbocycles. The molecule has 1 aliphatic rings. The zero-order valence-corrected chi connectivity index (χ0v) is 15.2. The zero-order valence-electron chi connectivity index (χ0n) is 14.4. The number of rotatable bonds is 2. The molecular formula is C19H20FNO3S. The second-order valence-electron chi connectivity index (χ2n) is 7.19. The lowest BCUT2D eigenvalue weighted by Crippen LogP contribution is -2.37. The Bertz CT molecular complexity index is 928. The zero-order chi connectivity index (χ0) is 18.4. The van der Waals surface area contributed by atoms with Crippen molar-refractivity contribution >= 4 is 21.5 Å². The summed E-state index contributed by atoms with van der Waals surface area (Å²) >= 11 is 0. The molecule has 1 aliphatic heterocycles. The highest BCUT2D eigenvalue weighted by atomic mass is 32.2. The summed E-state index contributed by atoms with van der Waals surface area (Å²) in [7, 11) is -3.82. The number of anilines is 1. The van der Waals surface area contributed by atoms with Crippen LogP contribution >= 0.6 is 0 Å². The first-order chi connectivity index (χ1) is 11.6. The summed E-state index contributed by atoms with van der Waals surface area (Å²) in [6, 6.07) is 10.4. The number of fused-ring (bicyclic) bond motifs is 1. The predicted octanol–water partition coefficient (Wildman–Crippen LogP) is 3.90. The maximum Gasteiger partial charge on any atom is 0.264 e. The van der Waals surface area contributed by atoms with Gasteiger partial charge in [0.05, 0.1) is 10.6 Å². The quantitative estimate of drug-likeness (QED) is 0.815. The van der Waals surface area contributed by atoms with Crippen LogP contribution in [0.5, 0.6) is 0 Å². The van der Waals surface area contributed by atoms with Crippen molar-refractivity contribution < 1.29 is 17.6 Å². The van der Waals surface area contributed by atoms with E-state index in [1.807, 2.05) is 0 Å². The van der Waals surface area contributed by atoms with Crippen LogP contribution in [-0.4, -0.2) is 20.7 Å². The van der Waals surface area contributed by atoms with E-state index in [0.717, 1.165) is 11.6 Å². The molecule has 0 saturated carbocycles. The second-order valence-corrected chi connectivity index (χ2v) is 9.05. The number of carbonyl (C=O) groups excluding carboxylic acids is 1. The average molecular weight is 361 g/mol. The molecule has 0 atom stereocenters. The number of sulfonamides is 1. The summed E-state index contributed by atoms with van der Waals surface area (Å²) in [5.74, 6) is -0.801. The predicted molar refractivity (Wildman–Crippen MR) is 95.0 cm³/mol. The van der Waals surface area contributed by atoms with Gasteiger partial charge in [-0.25, -0.2) is 12.8 Å². The molecule has 0 amide bonds. The van der Waals surface area contributed by atoms with Crippen molar-refractivity contribution in [2.24, 2.45) is 0 Å². The fourth-order valence-corrected chi connectivity index (χ4v) is 4.40. The molecule has 2 aromatic rings. The monoisotopic (exact) mass is 361 g/mol. The van der Waals surface area contributed by atoms with Crippen molar-refractivity contribution in [1.82, 2.24) is 0 Å². The summed E-state index contributed by atoms with van der Waals surface area (Å²) in [6.45, 7) is 6.22. The van der Waals surface area contributed by atoms with Crippen LogP contribution in [0.2, 0.25) is 0 Å². The SMILES string of the molecule is CC(C)(C)c1ccc(S(=O)(=O)N2CCC(=O)c3cc(F)ccc32)cc1. The number of ketones is 1. The van der Waals surface area contributed by atoms with Gasteiger partial charge in [0, 0.05) is 18.5 Å². The van der Waals surface area contributed by atoms with Gasteiger partial charge in [-0.2, -0.15) is 0 Å². The number of nitrogens with zero attached hydrogens (tertiary/aromatic N) is 1. The van der Waals surface area contributed by atoms with Crippen LogP contribution in [-0.2, 0) is 15.4 Å². The van der Waals surface area contributed by atoms with Gasteiger partial charge in [0.1, 0.15) is 5.82 Å². The van der Waals surface area contributed by atoms with E-state index < -0.39 is 15.8 Å². The summed E-state index contributed by atoms with van der Waals surface area (Å²) in [5, 5.41) is 0. The Balaban J connectivity index is 2.04. The van der Waals surface area contributed by atoms with Crippen molar-refractivity contribution in [1.29, 1.82) is 0 Å². The standard InChI is InChI=1S/C19H20FNO3S/c1-19(2,3)13-4-7-15(8-5-13)25(23,24)21-11-10-18(22)16-12-14(20)6-9-17(16)21/h4-9,12H,10-11H2,1-3H3. The van der Waals surface area contributed by atoms with Gasteiger partial charge in [0.15, 0.2) is 5.78 Å². The first-order valence-corrected chi connectivity index (χ1v) is 9.51. The summed E-state index contributed by atoms with van der Waals surface area (Å²) in [4.78, 5) is 12.2. The van der Waals surface area contributed by atoms with Crippen LogP contribution in [0.3, 0.4) is 0 Å². The molecule has 6 heteroatoms. The van der Waals surface area contributed by atoms with Gasteiger partial charge < -0.3 is 0 Å². The topological polar surface area (TPSA) is 54.5 Å². The lowest BCUT2D eigenvalue weighted by molar-refractivity contribution is 0.0981. The number of hydrogen-bond donors (Lipinski definition) is 0. The number of carbonyl (C=O) groups is 1. The summed E-state index contributed by atoms with van der Waals surface area (Å²) < 4.78 is 40.7. The molecule has 25 heavy (non-hydrogen) atoms. The summed E-state index contributed by atoms with van der Waals surface area (Å²) in [6.07, 6.45) is 0.0375. The molecule has 1 heterocycles. The maximum atomic E-state index is 13.5. The van der Waals surface area contributed by atoms with Crippen molar-refractivity contribution in [3.63, 3.8) is 0 Å². The molecule has 0 bridgehead atoms. The Morgan fingerprint density at radius 3 is 2.28 bits per heavy atom. The van der Waals surface area contributed by atoms with Gasteiger partial charge >= 0.3 is 0 Å². The van der Waals surface area contributed by atoms with E-state index in [0.29, 0.717) is 0 Å². The first-order valence-electron chi connectivity index (χ1n) is 8.07. The van der Waals surface area contributed by atoms with Crippen LogP contribution < -0.4 is 4.31 Å². The van der Waals surface area contributed by atoms with Crippen LogP contribution in [0.25, 0.3) is 0 Å². The van der Waals surface area contributed by atoms with Crippen LogP contribution in [0.15, 0.2) is 47.4 Å². The number of benzene rings is 2. The number of Topliss-reactive ketones (excluding diaryl/α,β-unsaturated/α-hetero) is 1. The van der Waals surface area contributed by atoms with Crippen LogP contribution in [0.1, 0.15) is 43.1 Å². The van der Waals surface area contributed by atoms with Crippen molar-refractivity contribution in [2.45, 2.75) is 37.5 Å². The van der Waals surface area contributed by atoms with E-state index >= 15 is 0 Å². The maximum absolute atomic E-state index is 13.5. The first kappa shape index (κ1) is 17.6. The van der Waals surface area contributed by atoms with Crippen LogP contribution in [0, 0.1) is 5.82 Å². The molecule has 132 valence electrons. The Morgan fingerprint density at radius 1 is 1.04 bits per heavy atom.